The smallest absolute Gasteiger partial charge is 0.209 e. The molecule has 0 aliphatic carbocycles. The summed E-state index contributed by atoms with van der Waals surface area (Å²) in [6.07, 6.45) is 2.88. The fourth-order valence-electron chi connectivity index (χ4n) is 3.98. The van der Waals surface area contributed by atoms with Crippen molar-refractivity contribution in [3.8, 4) is 23.1 Å². The molecular weight excluding hydrogens is 384 g/mol. The first-order valence-corrected chi connectivity index (χ1v) is 10.9. The number of benzene rings is 3. The quantitative estimate of drug-likeness (QED) is 0.312. The number of aromatic nitrogens is 1. The minimum Gasteiger partial charge on any atom is -0.470 e. The van der Waals surface area contributed by atoms with Crippen LogP contribution in [-0.2, 0) is 12.8 Å². The zero-order valence-electron chi connectivity index (χ0n) is 18.0. The third kappa shape index (κ3) is 4.18. The Bertz CT molecular complexity index is 1190. The van der Waals surface area contributed by atoms with Gasteiger partial charge in [-0.1, -0.05) is 92.5 Å². The van der Waals surface area contributed by atoms with Gasteiger partial charge in [0.2, 0.25) is 6.10 Å². The van der Waals surface area contributed by atoms with E-state index in [2.05, 4.69) is 31.1 Å². The van der Waals surface area contributed by atoms with Gasteiger partial charge in [0.25, 0.3) is 0 Å². The van der Waals surface area contributed by atoms with Crippen molar-refractivity contribution in [1.29, 1.82) is 5.26 Å². The van der Waals surface area contributed by atoms with Crippen LogP contribution in [0.15, 0.2) is 71.3 Å². The molecule has 0 fully saturated rings. The summed E-state index contributed by atoms with van der Waals surface area (Å²) in [7, 11) is 0. The lowest BCUT2D eigenvalue weighted by molar-refractivity contribution is 0.256. The molecule has 0 bridgehead atoms. The van der Waals surface area contributed by atoms with Gasteiger partial charge in [-0.25, -0.2) is 0 Å². The Hall–Kier alpha value is -3.58. The first-order chi connectivity index (χ1) is 15.3. The Morgan fingerprint density at radius 3 is 2.29 bits per heavy atom. The number of nitriles is 1. The van der Waals surface area contributed by atoms with Crippen LogP contribution < -0.4 is 4.74 Å². The van der Waals surface area contributed by atoms with Crippen molar-refractivity contribution >= 4 is 11.0 Å². The van der Waals surface area contributed by atoms with Crippen LogP contribution >= 0.6 is 0 Å². The monoisotopic (exact) mass is 410 g/mol. The zero-order chi connectivity index (χ0) is 21.6. The molecule has 1 atom stereocenters. The summed E-state index contributed by atoms with van der Waals surface area (Å²) >= 11 is 0. The molecular formula is C27H26N2O2. The van der Waals surface area contributed by atoms with E-state index in [-0.39, 0.29) is 0 Å². The predicted molar refractivity (Wildman–Crippen MR) is 123 cm³/mol. The third-order valence-corrected chi connectivity index (χ3v) is 5.41. The van der Waals surface area contributed by atoms with E-state index in [1.165, 1.54) is 0 Å². The first-order valence-electron chi connectivity index (χ1n) is 10.9. The van der Waals surface area contributed by atoms with Crippen LogP contribution in [0.25, 0.3) is 22.2 Å². The summed E-state index contributed by atoms with van der Waals surface area (Å²) in [6.45, 7) is 4.29. The van der Waals surface area contributed by atoms with Gasteiger partial charge in [0.05, 0.1) is 5.39 Å². The minimum atomic E-state index is -0.679. The molecule has 3 aromatic carbocycles. The number of aryl methyl sites for hydroxylation is 2. The second-order valence-electron chi connectivity index (χ2n) is 7.65. The van der Waals surface area contributed by atoms with Crippen LogP contribution in [0.5, 0.6) is 5.75 Å². The van der Waals surface area contributed by atoms with E-state index in [1.807, 2.05) is 60.7 Å². The minimum absolute atomic E-state index is 0.679. The summed E-state index contributed by atoms with van der Waals surface area (Å²) in [4.78, 5) is 0. The standard InChI is InChI=1S/C27H26N2O2/c1-3-11-21-17-23-25(20-15-9-6-10-16-20)29-31-27(23)22(12-4-2)26(21)30-24(18-28)19-13-7-5-8-14-19/h5-10,13-17,24H,3-4,11-12H2,1-2H3. The van der Waals surface area contributed by atoms with Crippen LogP contribution in [-0.4, -0.2) is 5.16 Å². The highest BCUT2D eigenvalue weighted by molar-refractivity contribution is 5.95. The van der Waals surface area contributed by atoms with E-state index in [4.69, 9.17) is 9.26 Å². The molecule has 1 heterocycles. The normalized spacial score (nSPS) is 11.9. The molecule has 0 N–H and O–H groups in total. The average Bonchev–Trinajstić information content (AvgIpc) is 3.24. The lowest BCUT2D eigenvalue weighted by Crippen LogP contribution is -2.09. The van der Waals surface area contributed by atoms with Crippen LogP contribution in [0, 0.1) is 11.3 Å². The number of hydrogen-bond acceptors (Lipinski definition) is 4. The van der Waals surface area contributed by atoms with E-state index < -0.39 is 6.10 Å². The molecule has 0 radical (unpaired) electrons. The van der Waals surface area contributed by atoms with Crippen molar-refractivity contribution < 1.29 is 9.26 Å². The highest BCUT2D eigenvalue weighted by Gasteiger charge is 2.23. The lowest BCUT2D eigenvalue weighted by Gasteiger charge is -2.19. The molecule has 0 saturated heterocycles. The fourth-order valence-corrected chi connectivity index (χ4v) is 3.98. The SMILES string of the molecule is CCCc1cc2c(-c3ccccc3)noc2c(CCC)c1OC(C#N)c1ccccc1. The second kappa shape index (κ2) is 9.49. The van der Waals surface area contributed by atoms with E-state index in [0.717, 1.165) is 70.3 Å². The zero-order valence-corrected chi connectivity index (χ0v) is 18.0. The molecule has 31 heavy (non-hydrogen) atoms. The van der Waals surface area contributed by atoms with Crippen molar-refractivity contribution in [2.45, 2.75) is 45.6 Å². The molecule has 0 aliphatic rings. The van der Waals surface area contributed by atoms with Gasteiger partial charge in [0.1, 0.15) is 17.5 Å². The number of fused-ring (bicyclic) bond motifs is 1. The van der Waals surface area contributed by atoms with Gasteiger partial charge in [0.15, 0.2) is 5.58 Å². The highest BCUT2D eigenvalue weighted by Crippen LogP contribution is 2.40. The lowest BCUT2D eigenvalue weighted by atomic mass is 9.96. The molecule has 156 valence electrons. The van der Waals surface area contributed by atoms with Gasteiger partial charge in [-0.2, -0.15) is 5.26 Å². The van der Waals surface area contributed by atoms with E-state index >= 15 is 0 Å². The third-order valence-electron chi connectivity index (χ3n) is 5.41. The van der Waals surface area contributed by atoms with Crippen LogP contribution in [0.2, 0.25) is 0 Å². The summed E-state index contributed by atoms with van der Waals surface area (Å²) in [5, 5.41) is 15.2. The Balaban J connectivity index is 1.88. The summed E-state index contributed by atoms with van der Waals surface area (Å²) < 4.78 is 12.3. The number of ether oxygens (including phenoxy) is 1. The maximum atomic E-state index is 9.84. The van der Waals surface area contributed by atoms with Gasteiger partial charge in [-0.3, -0.25) is 0 Å². The molecule has 4 heteroatoms. The number of hydrogen-bond donors (Lipinski definition) is 0. The molecule has 4 nitrogen and oxygen atoms in total. The van der Waals surface area contributed by atoms with Gasteiger partial charge >= 0.3 is 0 Å². The largest absolute Gasteiger partial charge is 0.470 e. The van der Waals surface area contributed by atoms with Crippen molar-refractivity contribution in [3.63, 3.8) is 0 Å². The van der Waals surface area contributed by atoms with Crippen LogP contribution in [0.3, 0.4) is 0 Å². The van der Waals surface area contributed by atoms with Crippen molar-refractivity contribution in [3.05, 3.63) is 83.4 Å². The molecule has 4 aromatic rings. The topological polar surface area (TPSA) is 59.1 Å². The Labute approximate surface area is 183 Å². The summed E-state index contributed by atoms with van der Waals surface area (Å²) in [5.41, 5.74) is 5.55. The molecule has 4 rings (SSSR count). The van der Waals surface area contributed by atoms with Gasteiger partial charge in [-0.15, -0.1) is 0 Å². The maximum Gasteiger partial charge on any atom is 0.209 e. The first kappa shape index (κ1) is 20.7. The molecule has 0 spiro atoms. The molecule has 1 aromatic heterocycles. The number of rotatable bonds is 8. The van der Waals surface area contributed by atoms with Gasteiger partial charge < -0.3 is 9.26 Å². The summed E-state index contributed by atoms with van der Waals surface area (Å²) in [5.74, 6) is 0.766. The average molecular weight is 411 g/mol. The van der Waals surface area contributed by atoms with Gasteiger partial charge in [0, 0.05) is 16.7 Å². The van der Waals surface area contributed by atoms with Crippen molar-refractivity contribution in [1.82, 2.24) is 5.16 Å². The van der Waals surface area contributed by atoms with Crippen molar-refractivity contribution in [2.24, 2.45) is 0 Å². The second-order valence-corrected chi connectivity index (χ2v) is 7.65. The number of nitrogens with zero attached hydrogens (tertiary/aromatic N) is 2. The van der Waals surface area contributed by atoms with E-state index in [0.29, 0.717) is 0 Å². The molecule has 1 unspecified atom stereocenters. The Morgan fingerprint density at radius 2 is 1.65 bits per heavy atom. The predicted octanol–water partition coefficient (Wildman–Crippen LogP) is 7.04. The summed E-state index contributed by atoms with van der Waals surface area (Å²) in [6, 6.07) is 24.2. The van der Waals surface area contributed by atoms with E-state index in [9.17, 15) is 5.26 Å². The Kier molecular flexibility index (Phi) is 6.33. The highest BCUT2D eigenvalue weighted by atomic mass is 16.5. The fraction of sp³-hybridized carbons (Fsp3) is 0.259. The van der Waals surface area contributed by atoms with E-state index in [1.54, 1.807) is 0 Å². The van der Waals surface area contributed by atoms with Crippen LogP contribution in [0.4, 0.5) is 0 Å². The maximum absolute atomic E-state index is 9.84. The van der Waals surface area contributed by atoms with Crippen LogP contribution in [0.1, 0.15) is 49.5 Å². The molecule has 0 saturated carbocycles. The Morgan fingerprint density at radius 1 is 0.968 bits per heavy atom. The van der Waals surface area contributed by atoms with Crippen molar-refractivity contribution in [2.75, 3.05) is 0 Å². The van der Waals surface area contributed by atoms with Gasteiger partial charge in [-0.05, 0) is 24.5 Å². The molecule has 0 amide bonds. The molecule has 0 aliphatic heterocycles.